The highest BCUT2D eigenvalue weighted by atomic mass is 35.5. The van der Waals surface area contributed by atoms with E-state index < -0.39 is 0 Å². The van der Waals surface area contributed by atoms with Crippen molar-refractivity contribution < 1.29 is 9.18 Å². The van der Waals surface area contributed by atoms with Gasteiger partial charge in [0.15, 0.2) is 0 Å². The van der Waals surface area contributed by atoms with Crippen LogP contribution >= 0.6 is 12.4 Å². The van der Waals surface area contributed by atoms with Gasteiger partial charge < -0.3 is 11.1 Å². The molecule has 0 heterocycles. The molecule has 1 amide bonds. The van der Waals surface area contributed by atoms with Crippen LogP contribution in [0.5, 0.6) is 0 Å². The third kappa shape index (κ3) is 8.68. The van der Waals surface area contributed by atoms with Crippen LogP contribution in [0.15, 0.2) is 24.3 Å². The molecule has 0 spiro atoms. The molecule has 1 atom stereocenters. The van der Waals surface area contributed by atoms with E-state index >= 15 is 0 Å². The molecule has 0 aliphatic heterocycles. The van der Waals surface area contributed by atoms with E-state index in [1.807, 2.05) is 13.0 Å². The molecule has 0 saturated heterocycles. The van der Waals surface area contributed by atoms with Gasteiger partial charge in [-0.25, -0.2) is 4.39 Å². The molecule has 3 nitrogen and oxygen atoms in total. The van der Waals surface area contributed by atoms with Crippen LogP contribution in [-0.4, -0.2) is 18.5 Å². The van der Waals surface area contributed by atoms with Crippen molar-refractivity contribution in [2.24, 2.45) is 5.73 Å². The lowest BCUT2D eigenvalue weighted by Gasteiger charge is -2.14. The average Bonchev–Trinajstić information content (AvgIpc) is 2.41. The third-order valence-corrected chi connectivity index (χ3v) is 3.25. The second kappa shape index (κ2) is 11.5. The van der Waals surface area contributed by atoms with E-state index in [2.05, 4.69) is 5.32 Å². The summed E-state index contributed by atoms with van der Waals surface area (Å²) in [5.41, 5.74) is 6.05. The highest BCUT2D eigenvalue weighted by molar-refractivity contribution is 5.85. The van der Waals surface area contributed by atoms with E-state index in [9.17, 15) is 9.18 Å². The Morgan fingerprint density at radius 2 is 1.90 bits per heavy atom. The molecule has 1 aromatic carbocycles. The van der Waals surface area contributed by atoms with E-state index in [1.165, 1.54) is 6.07 Å². The van der Waals surface area contributed by atoms with Gasteiger partial charge in [0.1, 0.15) is 5.82 Å². The van der Waals surface area contributed by atoms with Crippen LogP contribution in [0.1, 0.15) is 44.6 Å². The van der Waals surface area contributed by atoms with Crippen LogP contribution in [-0.2, 0) is 11.2 Å². The normalized spacial score (nSPS) is 11.6. The number of hydrogen-bond donors (Lipinski definition) is 2. The summed E-state index contributed by atoms with van der Waals surface area (Å²) < 4.78 is 13.5. The number of nitrogens with two attached hydrogens (primary N) is 1. The van der Waals surface area contributed by atoms with Crippen LogP contribution in [0, 0.1) is 5.82 Å². The Labute approximate surface area is 132 Å². The number of carbonyl (C=O) groups excluding carboxylic acids is 1. The number of hydrogen-bond acceptors (Lipinski definition) is 2. The van der Waals surface area contributed by atoms with Gasteiger partial charge in [0.2, 0.25) is 5.91 Å². The number of halogens is 2. The predicted octanol–water partition coefficient (Wildman–Crippen LogP) is 3.20. The Bertz CT molecular complexity index is 415. The Balaban J connectivity index is 0.00000400. The molecule has 0 aliphatic rings. The van der Waals surface area contributed by atoms with Gasteiger partial charge in [-0.2, -0.15) is 0 Å². The van der Waals surface area contributed by atoms with Crippen molar-refractivity contribution in [3.63, 3.8) is 0 Å². The molecule has 1 unspecified atom stereocenters. The standard InChI is InChI=1S/C16H25FN2O.ClH/c1-13(12-14-8-5-6-9-15(14)17)19-16(20)10-4-2-3-7-11-18;/h5-6,8-9,13H,2-4,7,10-12,18H2,1H3,(H,19,20);1H. The number of carbonyl (C=O) groups is 1. The van der Waals surface area contributed by atoms with Crippen molar-refractivity contribution in [1.82, 2.24) is 5.32 Å². The molecule has 0 aliphatic carbocycles. The Morgan fingerprint density at radius 1 is 1.24 bits per heavy atom. The van der Waals surface area contributed by atoms with Gasteiger partial charge in [0.25, 0.3) is 0 Å². The molecule has 0 saturated carbocycles. The predicted molar refractivity (Wildman–Crippen MR) is 87.1 cm³/mol. The second-order valence-corrected chi connectivity index (χ2v) is 5.22. The van der Waals surface area contributed by atoms with Gasteiger partial charge in [-0.15, -0.1) is 12.4 Å². The topological polar surface area (TPSA) is 55.1 Å². The molecule has 3 N–H and O–H groups in total. The largest absolute Gasteiger partial charge is 0.353 e. The van der Waals surface area contributed by atoms with Crippen molar-refractivity contribution in [1.29, 1.82) is 0 Å². The number of nitrogens with one attached hydrogen (secondary N) is 1. The zero-order valence-electron chi connectivity index (χ0n) is 12.6. The summed E-state index contributed by atoms with van der Waals surface area (Å²) in [5.74, 6) is -0.169. The van der Waals surface area contributed by atoms with Crippen LogP contribution in [0.3, 0.4) is 0 Å². The molecule has 0 bridgehead atoms. The van der Waals surface area contributed by atoms with Gasteiger partial charge in [-0.05, 0) is 44.4 Å². The number of rotatable bonds is 9. The lowest BCUT2D eigenvalue weighted by Crippen LogP contribution is -2.34. The third-order valence-electron chi connectivity index (χ3n) is 3.25. The Morgan fingerprint density at radius 3 is 2.57 bits per heavy atom. The summed E-state index contributed by atoms with van der Waals surface area (Å²) in [5, 5.41) is 2.92. The van der Waals surface area contributed by atoms with E-state index in [0.717, 1.165) is 25.7 Å². The van der Waals surface area contributed by atoms with Gasteiger partial charge in [-0.1, -0.05) is 31.0 Å². The Kier molecular flexibility index (Phi) is 10.9. The number of benzene rings is 1. The van der Waals surface area contributed by atoms with Crippen LogP contribution in [0.4, 0.5) is 4.39 Å². The molecule has 5 heteroatoms. The average molecular weight is 317 g/mol. The minimum atomic E-state index is -0.213. The first-order valence-corrected chi connectivity index (χ1v) is 7.36. The van der Waals surface area contributed by atoms with Gasteiger partial charge in [0, 0.05) is 12.5 Å². The van der Waals surface area contributed by atoms with Crippen LogP contribution in [0.25, 0.3) is 0 Å². The first-order valence-electron chi connectivity index (χ1n) is 7.36. The van der Waals surface area contributed by atoms with E-state index in [0.29, 0.717) is 24.9 Å². The van der Waals surface area contributed by atoms with Crippen molar-refractivity contribution in [2.75, 3.05) is 6.54 Å². The molecule has 1 aromatic rings. The van der Waals surface area contributed by atoms with Gasteiger partial charge >= 0.3 is 0 Å². The highest BCUT2D eigenvalue weighted by Crippen LogP contribution is 2.09. The summed E-state index contributed by atoms with van der Waals surface area (Å²) in [6.07, 6.45) is 5.07. The molecule has 1 rings (SSSR count). The first-order chi connectivity index (χ1) is 9.63. The minimum Gasteiger partial charge on any atom is -0.353 e. The van der Waals surface area contributed by atoms with Crippen molar-refractivity contribution in [2.45, 2.75) is 51.5 Å². The lowest BCUT2D eigenvalue weighted by atomic mass is 10.1. The molecular formula is C16H26ClFN2O. The minimum absolute atomic E-state index is 0. The molecular weight excluding hydrogens is 291 g/mol. The SMILES string of the molecule is CC(Cc1ccccc1F)NC(=O)CCCCCCN.Cl. The van der Waals surface area contributed by atoms with Gasteiger partial charge in [-0.3, -0.25) is 4.79 Å². The highest BCUT2D eigenvalue weighted by Gasteiger charge is 2.10. The lowest BCUT2D eigenvalue weighted by molar-refractivity contribution is -0.121. The summed E-state index contributed by atoms with van der Waals surface area (Å²) in [6, 6.07) is 6.63. The van der Waals surface area contributed by atoms with E-state index in [1.54, 1.807) is 12.1 Å². The maximum atomic E-state index is 13.5. The van der Waals surface area contributed by atoms with E-state index in [-0.39, 0.29) is 30.2 Å². The number of unbranched alkanes of at least 4 members (excludes halogenated alkanes) is 3. The van der Waals surface area contributed by atoms with Crippen LogP contribution < -0.4 is 11.1 Å². The maximum Gasteiger partial charge on any atom is 0.220 e. The van der Waals surface area contributed by atoms with E-state index in [4.69, 9.17) is 5.73 Å². The van der Waals surface area contributed by atoms with Crippen molar-refractivity contribution in [3.05, 3.63) is 35.6 Å². The molecule has 0 aromatic heterocycles. The zero-order valence-corrected chi connectivity index (χ0v) is 13.4. The zero-order chi connectivity index (χ0) is 14.8. The summed E-state index contributed by atoms with van der Waals surface area (Å²) >= 11 is 0. The fourth-order valence-electron chi connectivity index (χ4n) is 2.18. The molecule has 0 radical (unpaired) electrons. The smallest absolute Gasteiger partial charge is 0.220 e. The summed E-state index contributed by atoms with van der Waals surface area (Å²) in [7, 11) is 0. The first kappa shape index (κ1) is 19.9. The molecule has 21 heavy (non-hydrogen) atoms. The number of amides is 1. The van der Waals surface area contributed by atoms with Crippen LogP contribution in [0.2, 0.25) is 0 Å². The molecule has 120 valence electrons. The van der Waals surface area contributed by atoms with Crippen molar-refractivity contribution in [3.8, 4) is 0 Å². The summed E-state index contributed by atoms with van der Waals surface area (Å²) in [6.45, 7) is 2.62. The molecule has 0 fully saturated rings. The summed E-state index contributed by atoms with van der Waals surface area (Å²) in [4.78, 5) is 11.7. The Hall–Kier alpha value is -1.13. The fraction of sp³-hybridized carbons (Fsp3) is 0.562. The van der Waals surface area contributed by atoms with Crippen molar-refractivity contribution >= 4 is 18.3 Å². The maximum absolute atomic E-state index is 13.5. The monoisotopic (exact) mass is 316 g/mol. The van der Waals surface area contributed by atoms with Gasteiger partial charge in [0.05, 0.1) is 0 Å². The second-order valence-electron chi connectivity index (χ2n) is 5.22. The fourth-order valence-corrected chi connectivity index (χ4v) is 2.18. The quantitative estimate of drug-likeness (QED) is 0.687.